The van der Waals surface area contributed by atoms with Crippen LogP contribution in [0.15, 0.2) is 201 Å². The molecule has 6 heteroatoms. The second-order valence-corrected chi connectivity index (χ2v) is 18.1. The monoisotopic (exact) mass is 1100 g/mol. The minimum atomic E-state index is 0. The Labute approximate surface area is 437 Å². The number of nitrogens with zero attached hydrogens (tertiary/aromatic N) is 5. The molecule has 0 amide bonds. The summed E-state index contributed by atoms with van der Waals surface area (Å²) >= 11 is 0. The molecule has 0 saturated heterocycles. The van der Waals surface area contributed by atoms with E-state index in [1.807, 2.05) is 48.9 Å². The van der Waals surface area contributed by atoms with Gasteiger partial charge in [-0.25, -0.2) is 0 Å². The van der Waals surface area contributed by atoms with E-state index in [9.17, 15) is 0 Å². The van der Waals surface area contributed by atoms with Crippen LogP contribution in [0.25, 0.3) is 88.0 Å². The van der Waals surface area contributed by atoms with Gasteiger partial charge in [-0.15, -0.1) is 82.9 Å². The molecule has 3 heterocycles. The summed E-state index contributed by atoms with van der Waals surface area (Å²) in [6, 6.07) is 72.8. The first-order chi connectivity index (χ1) is 34.9. The number of aromatic nitrogens is 3. The Kier molecular flexibility index (Phi) is 15.3. The molecule has 0 atom stereocenters. The predicted molar refractivity (Wildman–Crippen MR) is 289 cm³/mol. The van der Waals surface area contributed by atoms with Gasteiger partial charge in [0.2, 0.25) is 0 Å². The first kappa shape index (κ1) is 48.6. The second-order valence-electron chi connectivity index (χ2n) is 18.1. The molecule has 72 heavy (non-hydrogen) atoms. The van der Waals surface area contributed by atoms with Gasteiger partial charge in [-0.3, -0.25) is 9.69 Å². The minimum Gasteiger partial charge on any atom is -0.305 e. The van der Waals surface area contributed by atoms with E-state index >= 15 is 0 Å². The summed E-state index contributed by atoms with van der Waals surface area (Å²) in [4.78, 5) is 21.9. The van der Waals surface area contributed by atoms with Crippen LogP contribution in [0.2, 0.25) is 0 Å². The molecule has 0 unspecified atom stereocenters. The van der Waals surface area contributed by atoms with Gasteiger partial charge >= 0.3 is 20.1 Å². The molecule has 0 aliphatic carbocycles. The molecule has 0 spiro atoms. The van der Waals surface area contributed by atoms with Crippen LogP contribution in [0.3, 0.4) is 0 Å². The summed E-state index contributed by atoms with van der Waals surface area (Å²) in [5.41, 5.74) is 21.3. The normalized spacial score (nSPS) is 10.8. The summed E-state index contributed by atoms with van der Waals surface area (Å²) in [6.07, 6.45) is 9.20. The van der Waals surface area contributed by atoms with Crippen LogP contribution in [-0.2, 0) is 45.8 Å². The standard InChI is InChI=1S/C66H48N5.Ir/c1-45(2)53-15-10-16-54(38-53)66-41-62(52-31-29-51(30-32-52)50-13-6-5-7-14-50)63(44-71-66)61-22-9-8-21-60(61)57-36-48(25-23-46-27-33-64(69-42-46)55-17-11-19-58(39-55)67-3)35-49(37-57)26-24-47-28-34-65(70-43-47)56-18-12-20-59(40-56)68-4;/h5-15,19-22,27-45H,23-26H2,1-2H3;/q-3;+3. The molecule has 10 rings (SSSR count). The molecule has 0 bridgehead atoms. The fraction of sp³-hybridized carbons (Fsp3) is 0.106. The maximum atomic E-state index is 7.44. The Hall–Kier alpha value is -8.38. The molecule has 7 aromatic carbocycles. The number of hydrogen-bond donors (Lipinski definition) is 0. The quantitative estimate of drug-likeness (QED) is 0.102. The summed E-state index contributed by atoms with van der Waals surface area (Å²) in [5.74, 6) is 0.382. The Bertz CT molecular complexity index is 3450. The summed E-state index contributed by atoms with van der Waals surface area (Å²) in [5, 5.41) is 0. The molecule has 0 aliphatic rings. The van der Waals surface area contributed by atoms with Gasteiger partial charge in [-0.1, -0.05) is 141 Å². The van der Waals surface area contributed by atoms with Crippen molar-refractivity contribution in [1.82, 2.24) is 15.0 Å². The average molecular weight is 1100 g/mol. The van der Waals surface area contributed by atoms with E-state index in [0.717, 1.165) is 104 Å². The van der Waals surface area contributed by atoms with Crippen molar-refractivity contribution in [2.24, 2.45) is 0 Å². The molecule has 0 radical (unpaired) electrons. The van der Waals surface area contributed by atoms with Crippen molar-refractivity contribution in [2.75, 3.05) is 0 Å². The Morgan fingerprint density at radius 3 is 1.46 bits per heavy atom. The maximum absolute atomic E-state index is 7.44. The number of rotatable bonds is 14. The molecule has 5 nitrogen and oxygen atoms in total. The fourth-order valence-corrected chi connectivity index (χ4v) is 9.08. The van der Waals surface area contributed by atoms with Gasteiger partial charge in [0, 0.05) is 24.2 Å². The molecule has 10 aromatic rings. The van der Waals surface area contributed by atoms with Crippen molar-refractivity contribution in [3.63, 3.8) is 0 Å². The van der Waals surface area contributed by atoms with Gasteiger partial charge in [0.15, 0.2) is 0 Å². The van der Waals surface area contributed by atoms with Crippen LogP contribution in [0.1, 0.15) is 47.6 Å². The van der Waals surface area contributed by atoms with Crippen molar-refractivity contribution < 1.29 is 20.1 Å². The van der Waals surface area contributed by atoms with E-state index < -0.39 is 0 Å². The number of pyridine rings is 3. The van der Waals surface area contributed by atoms with Crippen LogP contribution in [0, 0.1) is 31.3 Å². The molecule has 0 saturated carbocycles. The van der Waals surface area contributed by atoms with Gasteiger partial charge in [0.25, 0.3) is 0 Å². The molecule has 0 fully saturated rings. The minimum absolute atomic E-state index is 0. The number of hydrogen-bond acceptors (Lipinski definition) is 3. The van der Waals surface area contributed by atoms with Gasteiger partial charge in [0.05, 0.1) is 13.1 Å². The number of benzene rings is 7. The van der Waals surface area contributed by atoms with Crippen LogP contribution in [0.4, 0.5) is 11.4 Å². The largest absolute Gasteiger partial charge is 3.00 e. The van der Waals surface area contributed by atoms with E-state index in [1.54, 1.807) is 24.3 Å². The van der Waals surface area contributed by atoms with Crippen molar-refractivity contribution in [3.8, 4) is 78.3 Å². The van der Waals surface area contributed by atoms with Crippen LogP contribution in [-0.4, -0.2) is 15.0 Å². The Morgan fingerprint density at radius 2 is 0.903 bits per heavy atom. The van der Waals surface area contributed by atoms with Crippen molar-refractivity contribution >= 4 is 11.4 Å². The molecular weight excluding hydrogens is 1050 g/mol. The molecule has 346 valence electrons. The van der Waals surface area contributed by atoms with Gasteiger partial charge in [0.1, 0.15) is 11.4 Å². The topological polar surface area (TPSA) is 47.4 Å². The first-order valence-corrected chi connectivity index (χ1v) is 24.0. The summed E-state index contributed by atoms with van der Waals surface area (Å²) in [6.45, 7) is 19.3. The zero-order valence-corrected chi connectivity index (χ0v) is 42.4. The van der Waals surface area contributed by atoms with Crippen molar-refractivity contribution in [2.45, 2.75) is 45.4 Å². The number of aryl methyl sites for hydroxylation is 4. The summed E-state index contributed by atoms with van der Waals surface area (Å²) in [7, 11) is 0. The SMILES string of the molecule is [C-]#[N+]c1cc[c-]c(-c2ccc(CCc3cc(CCc4ccc(-c5[c-]ccc([N+]#[C-])c5)nc4)cc(-c4ccccc4-c4cnc(-c5[c-]ccc(C(C)C)c5)cc4-c4ccc(-c5ccccc5)cc4)c3)cn2)c1.[Ir+3]. The molecule has 0 N–H and O–H groups in total. The van der Waals surface area contributed by atoms with Crippen molar-refractivity contribution in [1.29, 1.82) is 0 Å². The maximum Gasteiger partial charge on any atom is 3.00 e. The van der Waals surface area contributed by atoms with Crippen LogP contribution < -0.4 is 0 Å². The first-order valence-electron chi connectivity index (χ1n) is 24.0. The van der Waals surface area contributed by atoms with Crippen LogP contribution in [0.5, 0.6) is 0 Å². The van der Waals surface area contributed by atoms with Crippen molar-refractivity contribution in [3.05, 3.63) is 269 Å². The van der Waals surface area contributed by atoms with Gasteiger partial charge in [-0.2, -0.15) is 12.1 Å². The van der Waals surface area contributed by atoms with Gasteiger partial charge < -0.3 is 15.0 Å². The second kappa shape index (κ2) is 22.6. The molecule has 3 aromatic heterocycles. The zero-order valence-electron chi connectivity index (χ0n) is 40.0. The average Bonchev–Trinajstić information content (AvgIpc) is 3.44. The third kappa shape index (κ3) is 11.3. The molecular formula is C66H48IrN5. The third-order valence-electron chi connectivity index (χ3n) is 13.0. The van der Waals surface area contributed by atoms with Gasteiger partial charge in [-0.05, 0) is 110 Å². The molecule has 0 aliphatic heterocycles. The summed E-state index contributed by atoms with van der Waals surface area (Å²) < 4.78 is 0. The third-order valence-corrected chi connectivity index (χ3v) is 13.0. The van der Waals surface area contributed by atoms with E-state index in [0.29, 0.717) is 17.3 Å². The van der Waals surface area contributed by atoms with E-state index in [2.05, 4.69) is 169 Å². The zero-order chi connectivity index (χ0) is 48.5. The van der Waals surface area contributed by atoms with Crippen LogP contribution >= 0.6 is 0 Å². The smallest absolute Gasteiger partial charge is 0.305 e. The Morgan fingerprint density at radius 1 is 0.403 bits per heavy atom. The fourth-order valence-electron chi connectivity index (χ4n) is 9.08. The Balaban J connectivity index is 0.00000640. The van der Waals surface area contributed by atoms with E-state index in [-0.39, 0.29) is 20.1 Å². The predicted octanol–water partition coefficient (Wildman–Crippen LogP) is 16.7. The van der Waals surface area contributed by atoms with E-state index in [4.69, 9.17) is 28.1 Å². The van der Waals surface area contributed by atoms with E-state index in [1.165, 1.54) is 27.8 Å².